The highest BCUT2D eigenvalue weighted by Gasteiger charge is 2.66. The van der Waals surface area contributed by atoms with Gasteiger partial charge in [0.25, 0.3) is 0 Å². The van der Waals surface area contributed by atoms with Gasteiger partial charge in [0.05, 0.1) is 5.60 Å². The molecule has 1 heterocycles. The predicted molar refractivity (Wildman–Crippen MR) is 78.9 cm³/mol. The van der Waals surface area contributed by atoms with Crippen LogP contribution in [0.15, 0.2) is 30.3 Å². The highest BCUT2D eigenvalue weighted by Crippen LogP contribution is 2.52. The summed E-state index contributed by atoms with van der Waals surface area (Å²) in [5, 5.41) is 0. The van der Waals surface area contributed by atoms with E-state index in [9.17, 15) is 4.79 Å². The fourth-order valence-electron chi connectivity index (χ4n) is 3.82. The molecule has 2 aliphatic rings. The average molecular weight is 272 g/mol. The van der Waals surface area contributed by atoms with Crippen LogP contribution >= 0.6 is 0 Å². The maximum absolute atomic E-state index is 12.6. The van der Waals surface area contributed by atoms with Crippen molar-refractivity contribution in [1.29, 1.82) is 0 Å². The first-order valence-electron chi connectivity index (χ1n) is 7.61. The zero-order chi connectivity index (χ0) is 14.2. The number of Topliss-reactive ketones (excluding diaryl/α,β-unsaturated/α-hetero) is 1. The average Bonchev–Trinajstić information content (AvgIpc) is 3.00. The standard InChI is InChI=1S/C16H21BO3/c1-3-14(18)16-12-8-11-15(16,4-2)19-17(20-16)13-9-6-5-7-10-13/h5-7,9-10H,3-4,8,11-12H2,1-2H3/t15-,16-/m0/s1. The Labute approximate surface area is 120 Å². The van der Waals surface area contributed by atoms with Gasteiger partial charge >= 0.3 is 7.12 Å². The molecular formula is C16H21BO3. The minimum absolute atomic E-state index is 0.190. The fraction of sp³-hybridized carbons (Fsp3) is 0.562. The van der Waals surface area contributed by atoms with Crippen LogP contribution in [0.2, 0.25) is 0 Å². The third-order valence-electron chi connectivity index (χ3n) is 4.90. The van der Waals surface area contributed by atoms with Gasteiger partial charge in [0.15, 0.2) is 5.78 Å². The first-order chi connectivity index (χ1) is 9.67. The zero-order valence-corrected chi connectivity index (χ0v) is 12.2. The lowest BCUT2D eigenvalue weighted by Crippen LogP contribution is -2.52. The number of rotatable bonds is 4. The Morgan fingerprint density at radius 1 is 1.20 bits per heavy atom. The Bertz CT molecular complexity index is 504. The van der Waals surface area contributed by atoms with Crippen LogP contribution in [0.3, 0.4) is 0 Å². The van der Waals surface area contributed by atoms with E-state index in [2.05, 4.69) is 6.92 Å². The topological polar surface area (TPSA) is 35.5 Å². The van der Waals surface area contributed by atoms with Gasteiger partial charge in [0.2, 0.25) is 0 Å². The van der Waals surface area contributed by atoms with E-state index < -0.39 is 18.3 Å². The van der Waals surface area contributed by atoms with E-state index in [4.69, 9.17) is 9.31 Å². The van der Waals surface area contributed by atoms with Gasteiger partial charge in [-0.15, -0.1) is 0 Å². The summed E-state index contributed by atoms with van der Waals surface area (Å²) in [6.45, 7) is 4.01. The van der Waals surface area contributed by atoms with Gasteiger partial charge in [0.1, 0.15) is 5.60 Å². The molecule has 3 nitrogen and oxygen atoms in total. The number of ketones is 1. The first kappa shape index (κ1) is 13.8. The second kappa shape index (κ2) is 5.01. The van der Waals surface area contributed by atoms with Crippen LogP contribution in [0.5, 0.6) is 0 Å². The van der Waals surface area contributed by atoms with E-state index in [1.165, 1.54) is 0 Å². The van der Waals surface area contributed by atoms with Gasteiger partial charge in [0, 0.05) is 6.42 Å². The molecule has 0 N–H and O–H groups in total. The number of carbonyl (C=O) groups excluding carboxylic acids is 1. The maximum atomic E-state index is 12.6. The summed E-state index contributed by atoms with van der Waals surface area (Å²) in [5.41, 5.74) is -0.157. The van der Waals surface area contributed by atoms with Crippen molar-refractivity contribution in [1.82, 2.24) is 0 Å². The quantitative estimate of drug-likeness (QED) is 0.790. The fourth-order valence-corrected chi connectivity index (χ4v) is 3.82. The number of fused-ring (bicyclic) bond motifs is 1. The summed E-state index contributed by atoms with van der Waals surface area (Å²) in [5.74, 6) is 0.190. The molecule has 0 unspecified atom stereocenters. The molecule has 2 atom stereocenters. The number of carbonyl (C=O) groups is 1. The van der Waals surface area contributed by atoms with Crippen molar-refractivity contribution in [3.63, 3.8) is 0 Å². The lowest BCUT2D eigenvalue weighted by atomic mass is 9.79. The number of hydrogen-bond donors (Lipinski definition) is 0. The van der Waals surface area contributed by atoms with E-state index in [0.29, 0.717) is 6.42 Å². The molecule has 1 aromatic rings. The molecule has 0 bridgehead atoms. The van der Waals surface area contributed by atoms with Gasteiger partial charge in [-0.2, -0.15) is 0 Å². The van der Waals surface area contributed by atoms with Gasteiger partial charge in [-0.05, 0) is 31.1 Å². The molecule has 1 saturated carbocycles. The molecule has 4 heteroatoms. The Morgan fingerprint density at radius 3 is 2.60 bits per heavy atom. The molecule has 0 spiro atoms. The Kier molecular flexibility index (Phi) is 3.47. The lowest BCUT2D eigenvalue weighted by Gasteiger charge is -2.36. The highest BCUT2D eigenvalue weighted by atomic mass is 16.7. The first-order valence-corrected chi connectivity index (χ1v) is 7.61. The maximum Gasteiger partial charge on any atom is 0.495 e. The molecule has 1 aromatic carbocycles. The second-order valence-electron chi connectivity index (χ2n) is 5.78. The van der Waals surface area contributed by atoms with E-state index in [-0.39, 0.29) is 5.78 Å². The SMILES string of the molecule is CCC(=O)[C@@]12CCC[C@]1(CC)OB(c1ccccc1)O2. The molecular weight excluding hydrogens is 251 g/mol. The molecule has 3 rings (SSSR count). The second-order valence-corrected chi connectivity index (χ2v) is 5.78. The third-order valence-corrected chi connectivity index (χ3v) is 4.90. The monoisotopic (exact) mass is 272 g/mol. The van der Waals surface area contributed by atoms with Crippen molar-refractivity contribution < 1.29 is 14.1 Å². The zero-order valence-electron chi connectivity index (χ0n) is 12.2. The van der Waals surface area contributed by atoms with Crippen LogP contribution in [0.1, 0.15) is 46.0 Å². The lowest BCUT2D eigenvalue weighted by molar-refractivity contribution is -0.141. The minimum Gasteiger partial charge on any atom is -0.398 e. The summed E-state index contributed by atoms with van der Waals surface area (Å²) in [6.07, 6.45) is 4.03. The van der Waals surface area contributed by atoms with Crippen LogP contribution in [0.4, 0.5) is 0 Å². The molecule has 106 valence electrons. The Balaban J connectivity index is 1.98. The van der Waals surface area contributed by atoms with Crippen LogP contribution in [-0.4, -0.2) is 24.1 Å². The van der Waals surface area contributed by atoms with Crippen molar-refractivity contribution in [2.45, 2.75) is 57.2 Å². The summed E-state index contributed by atoms with van der Waals surface area (Å²) in [6, 6.07) is 9.92. The number of hydrogen-bond acceptors (Lipinski definition) is 3. The van der Waals surface area contributed by atoms with E-state index in [1.54, 1.807) is 0 Å². The molecule has 1 aliphatic carbocycles. The summed E-state index contributed by atoms with van der Waals surface area (Å²) >= 11 is 0. The molecule has 0 aromatic heterocycles. The molecule has 1 aliphatic heterocycles. The highest BCUT2D eigenvalue weighted by molar-refractivity contribution is 6.62. The van der Waals surface area contributed by atoms with E-state index in [1.807, 2.05) is 37.3 Å². The van der Waals surface area contributed by atoms with Crippen LogP contribution in [-0.2, 0) is 14.1 Å². The van der Waals surface area contributed by atoms with Gasteiger partial charge in [-0.1, -0.05) is 44.2 Å². The third kappa shape index (κ3) is 1.78. The molecule has 0 radical (unpaired) electrons. The van der Waals surface area contributed by atoms with E-state index in [0.717, 1.165) is 31.1 Å². The van der Waals surface area contributed by atoms with Gasteiger partial charge in [-0.25, -0.2) is 0 Å². The minimum atomic E-state index is -0.725. The van der Waals surface area contributed by atoms with Crippen molar-refractivity contribution in [3.8, 4) is 0 Å². The van der Waals surface area contributed by atoms with Gasteiger partial charge in [-0.3, -0.25) is 4.79 Å². The Hall–Kier alpha value is -1.13. The van der Waals surface area contributed by atoms with Crippen molar-refractivity contribution in [3.05, 3.63) is 30.3 Å². The van der Waals surface area contributed by atoms with Gasteiger partial charge < -0.3 is 9.31 Å². The molecule has 2 fully saturated rings. The predicted octanol–water partition coefficient (Wildman–Crippen LogP) is 2.48. The largest absolute Gasteiger partial charge is 0.495 e. The van der Waals surface area contributed by atoms with Crippen LogP contribution in [0.25, 0.3) is 0 Å². The Morgan fingerprint density at radius 2 is 1.95 bits per heavy atom. The normalized spacial score (nSPS) is 32.4. The van der Waals surface area contributed by atoms with Crippen molar-refractivity contribution in [2.24, 2.45) is 0 Å². The summed E-state index contributed by atoms with van der Waals surface area (Å²) < 4.78 is 12.5. The molecule has 1 saturated heterocycles. The smallest absolute Gasteiger partial charge is 0.398 e. The van der Waals surface area contributed by atoms with Crippen molar-refractivity contribution >= 4 is 18.4 Å². The molecule has 20 heavy (non-hydrogen) atoms. The number of benzene rings is 1. The van der Waals surface area contributed by atoms with Crippen LogP contribution < -0.4 is 5.46 Å². The summed E-state index contributed by atoms with van der Waals surface area (Å²) in [7, 11) is -0.410. The van der Waals surface area contributed by atoms with Crippen LogP contribution in [0, 0.1) is 0 Å². The summed E-state index contributed by atoms with van der Waals surface area (Å²) in [4.78, 5) is 12.6. The van der Waals surface area contributed by atoms with Crippen molar-refractivity contribution in [2.75, 3.05) is 0 Å². The van der Waals surface area contributed by atoms with E-state index >= 15 is 0 Å². The molecule has 0 amide bonds.